The monoisotopic (exact) mass is 326 g/mol. The summed E-state index contributed by atoms with van der Waals surface area (Å²) in [5.74, 6) is 1.74. The van der Waals surface area contributed by atoms with E-state index in [4.69, 9.17) is 9.47 Å². The Bertz CT molecular complexity index is 724. The highest BCUT2D eigenvalue weighted by Gasteiger charge is 2.28. The second-order valence-electron chi connectivity index (χ2n) is 6.48. The molecular weight excluding hydrogens is 298 g/mol. The fraction of sp³-hybridized carbons (Fsp3) is 0.429. The first-order valence-corrected chi connectivity index (χ1v) is 8.97. The molecule has 2 aromatic rings. The van der Waals surface area contributed by atoms with E-state index >= 15 is 0 Å². The first kappa shape index (κ1) is 16.8. The van der Waals surface area contributed by atoms with Crippen LogP contribution in [0.15, 0.2) is 30.3 Å². The highest BCUT2D eigenvalue weighted by atomic mass is 16.5. The SMILES string of the molecule is CCOc1cc2c(cc1OCC)[C@H](c1cc(C)ccc1C)[NH2+]CC2. The number of ether oxygens (including phenoxy) is 2. The van der Waals surface area contributed by atoms with Crippen LogP contribution in [0.2, 0.25) is 0 Å². The number of hydrogen-bond donors (Lipinski definition) is 1. The van der Waals surface area contributed by atoms with Gasteiger partial charge in [-0.05, 0) is 57.0 Å². The van der Waals surface area contributed by atoms with Crippen LogP contribution in [0.3, 0.4) is 0 Å². The van der Waals surface area contributed by atoms with Crippen molar-refractivity contribution in [2.75, 3.05) is 19.8 Å². The zero-order valence-electron chi connectivity index (χ0n) is 15.2. The van der Waals surface area contributed by atoms with Crippen LogP contribution in [0, 0.1) is 13.8 Å². The van der Waals surface area contributed by atoms with Gasteiger partial charge in [0.05, 0.1) is 19.8 Å². The summed E-state index contributed by atoms with van der Waals surface area (Å²) in [7, 11) is 0. The number of rotatable bonds is 5. The van der Waals surface area contributed by atoms with Gasteiger partial charge in [-0.2, -0.15) is 0 Å². The molecule has 0 amide bonds. The van der Waals surface area contributed by atoms with Gasteiger partial charge in [-0.3, -0.25) is 0 Å². The number of fused-ring (bicyclic) bond motifs is 1. The van der Waals surface area contributed by atoms with E-state index in [0.717, 1.165) is 24.5 Å². The third kappa shape index (κ3) is 3.27. The van der Waals surface area contributed by atoms with Gasteiger partial charge < -0.3 is 14.8 Å². The summed E-state index contributed by atoms with van der Waals surface area (Å²) >= 11 is 0. The normalized spacial score (nSPS) is 16.6. The minimum Gasteiger partial charge on any atom is -0.490 e. The summed E-state index contributed by atoms with van der Waals surface area (Å²) in [6.45, 7) is 10.8. The quantitative estimate of drug-likeness (QED) is 0.915. The van der Waals surface area contributed by atoms with Crippen LogP contribution >= 0.6 is 0 Å². The predicted octanol–water partition coefficient (Wildman–Crippen LogP) is 3.31. The summed E-state index contributed by atoms with van der Waals surface area (Å²) < 4.78 is 11.7. The average Bonchev–Trinajstić information content (AvgIpc) is 2.57. The lowest BCUT2D eigenvalue weighted by Crippen LogP contribution is -2.87. The molecule has 1 heterocycles. The van der Waals surface area contributed by atoms with Gasteiger partial charge in [0.1, 0.15) is 6.04 Å². The third-order valence-corrected chi connectivity index (χ3v) is 4.73. The van der Waals surface area contributed by atoms with Gasteiger partial charge in [0.25, 0.3) is 0 Å². The standard InChI is InChI=1S/C21H27NO2/c1-5-23-19-12-16-9-10-22-21(18(16)13-20(19)24-6-2)17-11-14(3)7-8-15(17)4/h7-8,11-13,21-22H,5-6,9-10H2,1-4H3/p+1/t21-/m0/s1. The van der Waals surface area contributed by atoms with Crippen LogP contribution in [-0.4, -0.2) is 19.8 Å². The molecule has 3 heteroatoms. The summed E-state index contributed by atoms with van der Waals surface area (Å²) in [5.41, 5.74) is 6.81. The number of aryl methyl sites for hydroxylation is 2. The maximum atomic E-state index is 5.85. The predicted molar refractivity (Wildman–Crippen MR) is 97.0 cm³/mol. The third-order valence-electron chi connectivity index (χ3n) is 4.73. The van der Waals surface area contributed by atoms with Gasteiger partial charge in [0.2, 0.25) is 0 Å². The largest absolute Gasteiger partial charge is 0.490 e. The summed E-state index contributed by atoms with van der Waals surface area (Å²) in [4.78, 5) is 0. The Labute approximate surface area is 145 Å². The van der Waals surface area contributed by atoms with Crippen molar-refractivity contribution in [3.05, 3.63) is 58.1 Å². The molecule has 0 radical (unpaired) electrons. The minimum atomic E-state index is 0.337. The molecule has 0 spiro atoms. The molecular formula is C21H28NO2+. The van der Waals surface area contributed by atoms with Crippen molar-refractivity contribution < 1.29 is 14.8 Å². The topological polar surface area (TPSA) is 35.1 Å². The van der Waals surface area contributed by atoms with E-state index in [1.54, 1.807) is 0 Å². The first-order valence-electron chi connectivity index (χ1n) is 8.97. The molecule has 3 rings (SSSR count). The van der Waals surface area contributed by atoms with Gasteiger partial charge in [-0.1, -0.05) is 17.7 Å². The van der Waals surface area contributed by atoms with Crippen LogP contribution < -0.4 is 14.8 Å². The molecule has 0 saturated carbocycles. The maximum Gasteiger partial charge on any atom is 0.161 e. The van der Waals surface area contributed by atoms with Crippen molar-refractivity contribution in [2.24, 2.45) is 0 Å². The smallest absolute Gasteiger partial charge is 0.161 e. The van der Waals surface area contributed by atoms with Gasteiger partial charge in [-0.15, -0.1) is 0 Å². The molecule has 2 N–H and O–H groups in total. The second-order valence-corrected chi connectivity index (χ2v) is 6.48. The fourth-order valence-electron chi connectivity index (χ4n) is 3.58. The van der Waals surface area contributed by atoms with Crippen molar-refractivity contribution >= 4 is 0 Å². The molecule has 1 atom stereocenters. The van der Waals surface area contributed by atoms with Crippen molar-refractivity contribution in [3.63, 3.8) is 0 Å². The number of benzene rings is 2. The molecule has 1 aliphatic rings. The molecule has 0 unspecified atom stereocenters. The Balaban J connectivity index is 2.09. The minimum absolute atomic E-state index is 0.337. The Morgan fingerprint density at radius 1 is 0.958 bits per heavy atom. The maximum absolute atomic E-state index is 5.85. The van der Waals surface area contributed by atoms with Crippen LogP contribution in [0.4, 0.5) is 0 Å². The first-order chi connectivity index (χ1) is 11.6. The molecule has 3 nitrogen and oxygen atoms in total. The molecule has 24 heavy (non-hydrogen) atoms. The molecule has 0 aliphatic carbocycles. The van der Waals surface area contributed by atoms with Crippen molar-refractivity contribution in [2.45, 2.75) is 40.2 Å². The highest BCUT2D eigenvalue weighted by Crippen LogP contribution is 2.36. The van der Waals surface area contributed by atoms with E-state index < -0.39 is 0 Å². The van der Waals surface area contributed by atoms with E-state index in [-0.39, 0.29) is 0 Å². The average molecular weight is 326 g/mol. The van der Waals surface area contributed by atoms with Crippen LogP contribution in [0.1, 0.15) is 47.7 Å². The molecule has 2 aromatic carbocycles. The molecule has 128 valence electrons. The van der Waals surface area contributed by atoms with E-state index in [1.807, 2.05) is 13.8 Å². The number of nitrogens with two attached hydrogens (primary N) is 1. The van der Waals surface area contributed by atoms with Gasteiger partial charge >= 0.3 is 0 Å². The zero-order chi connectivity index (χ0) is 17.1. The summed E-state index contributed by atoms with van der Waals surface area (Å²) in [5, 5.41) is 2.44. The van der Waals surface area contributed by atoms with Crippen LogP contribution in [0.5, 0.6) is 11.5 Å². The molecule has 0 saturated heterocycles. The van der Waals surface area contributed by atoms with Gasteiger partial charge in [-0.25, -0.2) is 0 Å². The van der Waals surface area contributed by atoms with Crippen molar-refractivity contribution in [1.29, 1.82) is 0 Å². The molecule has 0 bridgehead atoms. The van der Waals surface area contributed by atoms with E-state index in [9.17, 15) is 0 Å². The lowest BCUT2D eigenvalue weighted by Gasteiger charge is -2.27. The number of hydrogen-bond acceptors (Lipinski definition) is 2. The number of quaternary nitrogens is 1. The summed E-state index contributed by atoms with van der Waals surface area (Å²) in [6, 6.07) is 11.5. The van der Waals surface area contributed by atoms with Crippen LogP contribution in [-0.2, 0) is 6.42 Å². The Hall–Kier alpha value is -2.00. The zero-order valence-corrected chi connectivity index (χ0v) is 15.2. The molecule has 0 aromatic heterocycles. The van der Waals surface area contributed by atoms with Crippen molar-refractivity contribution in [3.8, 4) is 11.5 Å². The molecule has 1 aliphatic heterocycles. The van der Waals surface area contributed by atoms with Crippen LogP contribution in [0.25, 0.3) is 0 Å². The van der Waals surface area contributed by atoms with E-state index in [1.165, 1.54) is 27.8 Å². The highest BCUT2D eigenvalue weighted by molar-refractivity contribution is 5.51. The van der Waals surface area contributed by atoms with Gasteiger partial charge in [0, 0.05) is 17.5 Å². The van der Waals surface area contributed by atoms with E-state index in [2.05, 4.69) is 49.5 Å². The Morgan fingerprint density at radius 2 is 1.67 bits per heavy atom. The lowest BCUT2D eigenvalue weighted by atomic mass is 9.87. The Morgan fingerprint density at radius 3 is 2.38 bits per heavy atom. The lowest BCUT2D eigenvalue weighted by molar-refractivity contribution is -0.690. The second kappa shape index (κ2) is 7.27. The Kier molecular flexibility index (Phi) is 5.10. The fourth-order valence-corrected chi connectivity index (χ4v) is 3.58. The summed E-state index contributed by atoms with van der Waals surface area (Å²) in [6.07, 6.45) is 1.07. The van der Waals surface area contributed by atoms with Gasteiger partial charge in [0.15, 0.2) is 11.5 Å². The van der Waals surface area contributed by atoms with E-state index in [0.29, 0.717) is 19.3 Å². The molecule has 0 fully saturated rings. The van der Waals surface area contributed by atoms with Crippen molar-refractivity contribution in [1.82, 2.24) is 0 Å².